The van der Waals surface area contributed by atoms with Crippen molar-refractivity contribution in [3.8, 4) is 0 Å². The molecule has 0 radical (unpaired) electrons. The Morgan fingerprint density at radius 3 is 2.71 bits per heavy atom. The van der Waals surface area contributed by atoms with E-state index in [1.807, 2.05) is 18.7 Å². The predicted molar refractivity (Wildman–Crippen MR) is 67.8 cm³/mol. The molecule has 2 heterocycles. The Bertz CT molecular complexity index is 415. The summed E-state index contributed by atoms with van der Waals surface area (Å²) in [5.74, 6) is 0.0371. The quantitative estimate of drug-likeness (QED) is 0.746. The van der Waals surface area contributed by atoms with Gasteiger partial charge in [-0.2, -0.15) is 0 Å². The van der Waals surface area contributed by atoms with Crippen LogP contribution < -0.4 is 0 Å². The molecule has 1 amide bonds. The van der Waals surface area contributed by atoms with Gasteiger partial charge in [-0.3, -0.25) is 4.79 Å². The van der Waals surface area contributed by atoms with Crippen LogP contribution in [0.3, 0.4) is 0 Å². The fourth-order valence-corrected chi connectivity index (χ4v) is 2.43. The van der Waals surface area contributed by atoms with Gasteiger partial charge in [-0.15, -0.1) is 0 Å². The van der Waals surface area contributed by atoms with Crippen LogP contribution in [0.15, 0.2) is 22.9 Å². The van der Waals surface area contributed by atoms with Crippen molar-refractivity contribution in [2.24, 2.45) is 0 Å². The third-order valence-corrected chi connectivity index (χ3v) is 3.11. The number of pyridine rings is 1. The minimum absolute atomic E-state index is 0.0371. The van der Waals surface area contributed by atoms with Gasteiger partial charge >= 0.3 is 0 Å². The van der Waals surface area contributed by atoms with E-state index in [0.29, 0.717) is 23.3 Å². The Morgan fingerprint density at radius 1 is 1.47 bits per heavy atom. The van der Waals surface area contributed by atoms with Gasteiger partial charge in [0.05, 0.1) is 12.2 Å². The number of hydrogen-bond acceptors (Lipinski definition) is 3. The number of ether oxygens (including phenoxy) is 1. The molecule has 17 heavy (non-hydrogen) atoms. The molecule has 0 bridgehead atoms. The van der Waals surface area contributed by atoms with Gasteiger partial charge in [0.1, 0.15) is 4.60 Å². The van der Waals surface area contributed by atoms with Crippen LogP contribution in [-0.2, 0) is 4.74 Å². The number of aromatic nitrogens is 1. The lowest BCUT2D eigenvalue weighted by molar-refractivity contribution is -0.0586. The molecule has 2 rings (SSSR count). The maximum absolute atomic E-state index is 12.3. The number of halogens is 1. The van der Waals surface area contributed by atoms with E-state index in [-0.39, 0.29) is 18.1 Å². The van der Waals surface area contributed by atoms with Crippen molar-refractivity contribution in [2.75, 3.05) is 13.1 Å². The first kappa shape index (κ1) is 12.5. The molecule has 5 heteroatoms. The normalized spacial score (nSPS) is 24.8. The number of morpholine rings is 1. The zero-order valence-electron chi connectivity index (χ0n) is 9.89. The largest absolute Gasteiger partial charge is 0.372 e. The van der Waals surface area contributed by atoms with E-state index < -0.39 is 0 Å². The highest BCUT2D eigenvalue weighted by molar-refractivity contribution is 9.10. The summed E-state index contributed by atoms with van der Waals surface area (Å²) in [6.45, 7) is 5.25. The molecule has 0 aromatic carbocycles. The number of amides is 1. The minimum atomic E-state index is 0.0371. The highest BCUT2D eigenvalue weighted by atomic mass is 79.9. The molecule has 1 fully saturated rings. The maximum Gasteiger partial charge on any atom is 0.254 e. The molecule has 1 aliphatic rings. The molecule has 0 saturated carbocycles. The number of carbonyl (C=O) groups excluding carboxylic acids is 1. The summed E-state index contributed by atoms with van der Waals surface area (Å²) in [5, 5.41) is 0. The standard InChI is InChI=1S/C12H15BrN2O2/c1-8-6-15(7-9(2)17-8)12(16)10-3-4-14-11(13)5-10/h3-5,8-9H,6-7H2,1-2H3/t8-,9+. The van der Waals surface area contributed by atoms with Gasteiger partial charge < -0.3 is 9.64 Å². The Labute approximate surface area is 109 Å². The summed E-state index contributed by atoms with van der Waals surface area (Å²) in [7, 11) is 0. The summed E-state index contributed by atoms with van der Waals surface area (Å²) in [6.07, 6.45) is 1.81. The van der Waals surface area contributed by atoms with Gasteiger partial charge in [0.2, 0.25) is 0 Å². The van der Waals surface area contributed by atoms with E-state index in [4.69, 9.17) is 4.74 Å². The van der Waals surface area contributed by atoms with Gasteiger partial charge in [0.25, 0.3) is 5.91 Å². The highest BCUT2D eigenvalue weighted by Gasteiger charge is 2.26. The molecular weight excluding hydrogens is 284 g/mol. The number of rotatable bonds is 1. The minimum Gasteiger partial charge on any atom is -0.372 e. The summed E-state index contributed by atoms with van der Waals surface area (Å²) in [6, 6.07) is 3.48. The van der Waals surface area contributed by atoms with E-state index in [2.05, 4.69) is 20.9 Å². The van der Waals surface area contributed by atoms with Crippen LogP contribution in [0.25, 0.3) is 0 Å². The second kappa shape index (κ2) is 5.14. The van der Waals surface area contributed by atoms with Crippen molar-refractivity contribution in [3.63, 3.8) is 0 Å². The second-order valence-corrected chi connectivity index (χ2v) is 5.15. The fraction of sp³-hybridized carbons (Fsp3) is 0.500. The molecule has 0 aliphatic carbocycles. The lowest BCUT2D eigenvalue weighted by atomic mass is 10.2. The maximum atomic E-state index is 12.3. The van der Waals surface area contributed by atoms with Gasteiger partial charge in [0.15, 0.2) is 0 Å². The van der Waals surface area contributed by atoms with E-state index in [1.54, 1.807) is 18.3 Å². The van der Waals surface area contributed by atoms with Gasteiger partial charge in [-0.1, -0.05) is 0 Å². The van der Waals surface area contributed by atoms with Gasteiger partial charge in [-0.05, 0) is 41.9 Å². The van der Waals surface area contributed by atoms with Crippen molar-refractivity contribution in [3.05, 3.63) is 28.5 Å². The van der Waals surface area contributed by atoms with Crippen LogP contribution in [0.2, 0.25) is 0 Å². The first-order chi connectivity index (χ1) is 8.06. The lowest BCUT2D eigenvalue weighted by Crippen LogP contribution is -2.48. The van der Waals surface area contributed by atoms with Crippen molar-refractivity contribution in [2.45, 2.75) is 26.1 Å². The van der Waals surface area contributed by atoms with Gasteiger partial charge in [0, 0.05) is 24.8 Å². The fourth-order valence-electron chi connectivity index (χ4n) is 2.06. The van der Waals surface area contributed by atoms with Crippen molar-refractivity contribution in [1.29, 1.82) is 0 Å². The molecule has 1 aliphatic heterocycles. The first-order valence-corrected chi connectivity index (χ1v) is 6.42. The van der Waals surface area contributed by atoms with E-state index in [9.17, 15) is 4.79 Å². The molecule has 1 saturated heterocycles. The molecule has 4 nitrogen and oxygen atoms in total. The summed E-state index contributed by atoms with van der Waals surface area (Å²) >= 11 is 3.27. The van der Waals surface area contributed by atoms with Crippen LogP contribution in [0.4, 0.5) is 0 Å². The Kier molecular flexibility index (Phi) is 3.79. The topological polar surface area (TPSA) is 42.4 Å². The molecule has 0 spiro atoms. The molecular formula is C12H15BrN2O2. The second-order valence-electron chi connectivity index (χ2n) is 4.33. The zero-order chi connectivity index (χ0) is 12.4. The van der Waals surface area contributed by atoms with Crippen molar-refractivity contribution >= 4 is 21.8 Å². The predicted octanol–water partition coefficient (Wildman–Crippen LogP) is 2.09. The molecule has 1 aromatic rings. The number of carbonyl (C=O) groups is 1. The summed E-state index contributed by atoms with van der Waals surface area (Å²) in [5.41, 5.74) is 0.660. The summed E-state index contributed by atoms with van der Waals surface area (Å²) in [4.78, 5) is 18.1. The Balaban J connectivity index is 2.14. The average Bonchev–Trinajstić information content (AvgIpc) is 2.26. The van der Waals surface area contributed by atoms with Crippen LogP contribution in [0.1, 0.15) is 24.2 Å². The third kappa shape index (κ3) is 3.04. The molecule has 1 aromatic heterocycles. The Morgan fingerprint density at radius 2 is 2.12 bits per heavy atom. The van der Waals surface area contributed by atoms with Crippen molar-refractivity contribution in [1.82, 2.24) is 9.88 Å². The molecule has 0 unspecified atom stereocenters. The Hall–Kier alpha value is -0.940. The van der Waals surface area contributed by atoms with E-state index in [1.165, 1.54) is 0 Å². The number of nitrogens with zero attached hydrogens (tertiary/aromatic N) is 2. The van der Waals surface area contributed by atoms with E-state index in [0.717, 1.165) is 0 Å². The van der Waals surface area contributed by atoms with Crippen LogP contribution in [-0.4, -0.2) is 41.1 Å². The van der Waals surface area contributed by atoms with Crippen LogP contribution >= 0.6 is 15.9 Å². The smallest absolute Gasteiger partial charge is 0.254 e. The van der Waals surface area contributed by atoms with Gasteiger partial charge in [-0.25, -0.2) is 4.98 Å². The summed E-state index contributed by atoms with van der Waals surface area (Å²) < 4.78 is 6.29. The SMILES string of the molecule is C[C@@H]1CN(C(=O)c2ccnc(Br)c2)C[C@H](C)O1. The monoisotopic (exact) mass is 298 g/mol. The average molecular weight is 299 g/mol. The van der Waals surface area contributed by atoms with E-state index >= 15 is 0 Å². The molecule has 0 N–H and O–H groups in total. The highest BCUT2D eigenvalue weighted by Crippen LogP contribution is 2.15. The van der Waals surface area contributed by atoms with Crippen LogP contribution in [0.5, 0.6) is 0 Å². The zero-order valence-corrected chi connectivity index (χ0v) is 11.5. The first-order valence-electron chi connectivity index (χ1n) is 5.62. The molecule has 2 atom stereocenters. The third-order valence-electron chi connectivity index (χ3n) is 2.68. The van der Waals surface area contributed by atoms with Crippen LogP contribution in [0, 0.1) is 0 Å². The number of hydrogen-bond donors (Lipinski definition) is 0. The van der Waals surface area contributed by atoms with Crippen molar-refractivity contribution < 1.29 is 9.53 Å². The lowest BCUT2D eigenvalue weighted by Gasteiger charge is -2.35. The molecule has 92 valence electrons.